The normalized spacial score (nSPS) is 17.8. The highest BCUT2D eigenvalue weighted by Gasteiger charge is 2.33. The maximum atomic E-state index is 13.3. The van der Waals surface area contributed by atoms with Crippen molar-refractivity contribution in [2.45, 2.75) is 31.2 Å². The molecule has 10 nitrogen and oxygen atoms in total. The van der Waals surface area contributed by atoms with E-state index >= 15 is 0 Å². The van der Waals surface area contributed by atoms with E-state index in [1.54, 1.807) is 41.1 Å². The Hall–Kier alpha value is -2.60. The molecule has 2 saturated heterocycles. The number of nitrogens with two attached hydrogens (primary N) is 1. The van der Waals surface area contributed by atoms with Crippen LogP contribution in [0.2, 0.25) is 20.1 Å². The smallest absolute Gasteiger partial charge is 0.254 e. The fraction of sp³-hybridized carbons (Fsp3) is 0.484. The van der Waals surface area contributed by atoms with Crippen LogP contribution in [-0.4, -0.2) is 116 Å². The van der Waals surface area contributed by atoms with Crippen molar-refractivity contribution in [2.24, 2.45) is 10.9 Å². The third-order valence-electron chi connectivity index (χ3n) is 8.26. The van der Waals surface area contributed by atoms with Crippen molar-refractivity contribution < 1.29 is 19.2 Å². The second-order valence-corrected chi connectivity index (χ2v) is 13.1. The molecule has 2 aromatic rings. The number of rotatable bonds is 12. The summed E-state index contributed by atoms with van der Waals surface area (Å²) in [5.74, 6) is -0.870. The van der Waals surface area contributed by atoms with Crippen molar-refractivity contribution in [1.82, 2.24) is 19.6 Å². The van der Waals surface area contributed by atoms with Crippen LogP contribution in [0.1, 0.15) is 41.1 Å². The van der Waals surface area contributed by atoms with Gasteiger partial charge in [-0.25, -0.2) is 0 Å². The highest BCUT2D eigenvalue weighted by Crippen LogP contribution is 2.31. The minimum atomic E-state index is -0.424. The van der Waals surface area contributed by atoms with Gasteiger partial charge in [0.15, 0.2) is 0 Å². The van der Waals surface area contributed by atoms with Crippen LogP contribution in [-0.2, 0) is 14.4 Å². The van der Waals surface area contributed by atoms with Gasteiger partial charge in [-0.15, -0.1) is 0 Å². The molecule has 4 rings (SSSR count). The summed E-state index contributed by atoms with van der Waals surface area (Å²) in [6, 6.07) is 10.4. The summed E-state index contributed by atoms with van der Waals surface area (Å²) in [6.07, 6.45) is 2.40. The lowest BCUT2D eigenvalue weighted by atomic mass is 9.89. The fourth-order valence-electron chi connectivity index (χ4n) is 6.03. The van der Waals surface area contributed by atoms with Crippen LogP contribution in [0, 0.1) is 0 Å². The van der Waals surface area contributed by atoms with Crippen molar-refractivity contribution in [2.75, 3.05) is 66.5 Å². The molecule has 244 valence electrons. The number of benzene rings is 2. The van der Waals surface area contributed by atoms with E-state index in [0.29, 0.717) is 50.9 Å². The van der Waals surface area contributed by atoms with Gasteiger partial charge in [-0.05, 0) is 61.7 Å². The molecule has 1 atom stereocenters. The summed E-state index contributed by atoms with van der Waals surface area (Å²) >= 11 is 25.0. The molecule has 3 amide bonds. The van der Waals surface area contributed by atoms with Gasteiger partial charge in [0.1, 0.15) is 7.11 Å². The number of hydrogen-bond donors (Lipinski definition) is 1. The molecule has 1 unspecified atom stereocenters. The van der Waals surface area contributed by atoms with E-state index in [1.807, 2.05) is 17.0 Å². The third kappa shape index (κ3) is 9.70. The first-order chi connectivity index (χ1) is 21.4. The van der Waals surface area contributed by atoms with Crippen LogP contribution >= 0.6 is 46.4 Å². The number of hydrogen-bond acceptors (Lipinski definition) is 7. The van der Waals surface area contributed by atoms with Gasteiger partial charge in [-0.2, -0.15) is 0 Å². The first kappa shape index (κ1) is 35.3. The van der Waals surface area contributed by atoms with Gasteiger partial charge in [0.25, 0.3) is 5.91 Å². The minimum absolute atomic E-state index is 0.0414. The summed E-state index contributed by atoms with van der Waals surface area (Å²) < 4.78 is 0. The van der Waals surface area contributed by atoms with Gasteiger partial charge in [0.05, 0.1) is 35.4 Å². The quantitative estimate of drug-likeness (QED) is 0.255. The van der Waals surface area contributed by atoms with Crippen molar-refractivity contribution in [3.8, 4) is 0 Å². The van der Waals surface area contributed by atoms with Crippen molar-refractivity contribution >= 4 is 69.8 Å². The van der Waals surface area contributed by atoms with E-state index in [0.717, 1.165) is 38.0 Å². The molecule has 0 aliphatic carbocycles. The standard InChI is InChI=1S/C31H38Cl4N6O4/c1-38(31(44)21-13-22(32)16-23(33)14-21)17-28(37-45-2)25(20-3-4-26(34)27(35)15-20)7-10-39-8-5-24(6-9-39)41-12-11-40(18-29(36)42)19-30(41)43/h3-4,13-16,24-25H,5-12,17-19H2,1-2H3,(H2,36,42)/b37-28+. The number of oxime groups is 1. The summed E-state index contributed by atoms with van der Waals surface area (Å²) in [7, 11) is 3.16. The lowest BCUT2D eigenvalue weighted by molar-refractivity contribution is -0.140. The molecule has 0 saturated carbocycles. The Bertz CT molecular complexity index is 1400. The predicted molar refractivity (Wildman–Crippen MR) is 178 cm³/mol. The van der Waals surface area contributed by atoms with Gasteiger partial charge >= 0.3 is 0 Å². The lowest BCUT2D eigenvalue weighted by Gasteiger charge is -2.42. The molecule has 2 aliphatic heterocycles. The number of carbonyl (C=O) groups is 3. The third-order valence-corrected chi connectivity index (χ3v) is 9.44. The number of halogens is 4. The van der Waals surface area contributed by atoms with E-state index in [-0.39, 0.29) is 43.4 Å². The Morgan fingerprint density at radius 3 is 2.29 bits per heavy atom. The number of likely N-dealkylation sites (tertiary alicyclic amines) is 1. The molecule has 2 fully saturated rings. The van der Waals surface area contributed by atoms with E-state index < -0.39 is 5.91 Å². The molecular weight excluding hydrogens is 662 g/mol. The van der Waals surface area contributed by atoms with Gasteiger partial charge < -0.3 is 25.3 Å². The number of carbonyl (C=O) groups excluding carboxylic acids is 3. The second kappa shape index (κ2) is 16.3. The minimum Gasteiger partial charge on any atom is -0.399 e. The first-order valence-electron chi connectivity index (χ1n) is 14.7. The van der Waals surface area contributed by atoms with Crippen LogP contribution in [0.3, 0.4) is 0 Å². The molecule has 2 aromatic carbocycles. The lowest BCUT2D eigenvalue weighted by Crippen LogP contribution is -2.57. The average molecular weight is 700 g/mol. The summed E-state index contributed by atoms with van der Waals surface area (Å²) in [6.45, 7) is 4.17. The monoisotopic (exact) mass is 698 g/mol. The Morgan fingerprint density at radius 1 is 1.00 bits per heavy atom. The van der Waals surface area contributed by atoms with Gasteiger partial charge in [-0.1, -0.05) is 57.6 Å². The average Bonchev–Trinajstić information content (AvgIpc) is 2.98. The zero-order chi connectivity index (χ0) is 32.7. The zero-order valence-electron chi connectivity index (χ0n) is 25.4. The molecule has 0 radical (unpaired) electrons. The molecule has 0 bridgehead atoms. The van der Waals surface area contributed by atoms with Crippen LogP contribution in [0.15, 0.2) is 41.6 Å². The maximum absolute atomic E-state index is 13.3. The highest BCUT2D eigenvalue weighted by molar-refractivity contribution is 6.42. The fourth-order valence-corrected chi connectivity index (χ4v) is 6.86. The van der Waals surface area contributed by atoms with Crippen LogP contribution in [0.4, 0.5) is 0 Å². The molecule has 0 aromatic heterocycles. The first-order valence-corrected chi connectivity index (χ1v) is 16.2. The van der Waals surface area contributed by atoms with E-state index in [9.17, 15) is 14.4 Å². The summed E-state index contributed by atoms with van der Waals surface area (Å²) in [5.41, 5.74) is 7.22. The van der Waals surface area contributed by atoms with E-state index in [1.165, 1.54) is 7.11 Å². The maximum Gasteiger partial charge on any atom is 0.254 e. The SMILES string of the molecule is CO/N=C(\CN(C)C(=O)c1cc(Cl)cc(Cl)c1)C(CCN1CCC(N2CCN(CC(N)=O)CC2=O)CC1)c1ccc(Cl)c(Cl)c1. The number of nitrogens with zero attached hydrogens (tertiary/aromatic N) is 5. The summed E-state index contributed by atoms with van der Waals surface area (Å²) in [5, 5.41) is 5.99. The Kier molecular flexibility index (Phi) is 12.8. The number of piperazine rings is 1. The molecule has 14 heteroatoms. The van der Waals surface area contributed by atoms with Crippen molar-refractivity contribution in [3.63, 3.8) is 0 Å². The molecule has 2 aliphatic rings. The zero-order valence-corrected chi connectivity index (χ0v) is 28.4. The Labute approximate surface area is 283 Å². The van der Waals surface area contributed by atoms with Crippen molar-refractivity contribution in [3.05, 3.63) is 67.6 Å². The van der Waals surface area contributed by atoms with E-state index in [2.05, 4.69) is 10.1 Å². The largest absolute Gasteiger partial charge is 0.399 e. The summed E-state index contributed by atoms with van der Waals surface area (Å²) in [4.78, 5) is 50.3. The van der Waals surface area contributed by atoms with Crippen LogP contribution in [0.5, 0.6) is 0 Å². The number of primary amides is 1. The molecule has 2 N–H and O–H groups in total. The van der Waals surface area contributed by atoms with E-state index in [4.69, 9.17) is 57.0 Å². The molecular formula is C31H38Cl4N6O4. The Balaban J connectivity index is 1.43. The van der Waals surface area contributed by atoms with Gasteiger partial charge in [-0.3, -0.25) is 19.3 Å². The number of amides is 3. The van der Waals surface area contributed by atoms with Crippen molar-refractivity contribution in [1.29, 1.82) is 0 Å². The van der Waals surface area contributed by atoms with Gasteiger partial charge in [0.2, 0.25) is 11.8 Å². The number of piperidine rings is 1. The Morgan fingerprint density at radius 2 is 1.69 bits per heavy atom. The van der Waals surface area contributed by atoms with Crippen LogP contribution in [0.25, 0.3) is 0 Å². The predicted octanol–water partition coefficient (Wildman–Crippen LogP) is 4.64. The molecule has 2 heterocycles. The van der Waals surface area contributed by atoms with Gasteiger partial charge in [0, 0.05) is 60.8 Å². The molecule has 45 heavy (non-hydrogen) atoms. The second-order valence-electron chi connectivity index (χ2n) is 11.4. The van der Waals surface area contributed by atoms with Crippen LogP contribution < -0.4 is 5.73 Å². The molecule has 0 spiro atoms. The highest BCUT2D eigenvalue weighted by atomic mass is 35.5. The topological polar surface area (TPSA) is 112 Å².